The molecule has 1 aliphatic rings. The van der Waals surface area contributed by atoms with Gasteiger partial charge in [-0.3, -0.25) is 4.79 Å². The fourth-order valence-electron chi connectivity index (χ4n) is 3.66. The molecule has 8 nitrogen and oxygen atoms in total. The van der Waals surface area contributed by atoms with Crippen molar-refractivity contribution in [3.8, 4) is 11.5 Å². The van der Waals surface area contributed by atoms with Gasteiger partial charge in [0.05, 0.1) is 22.3 Å². The molecule has 0 aliphatic carbocycles. The van der Waals surface area contributed by atoms with Gasteiger partial charge in [-0.2, -0.15) is 4.98 Å². The molecule has 3 aromatic rings. The van der Waals surface area contributed by atoms with Crippen molar-refractivity contribution in [2.24, 2.45) is 0 Å². The number of nitrogens with zero attached hydrogens (tertiary/aromatic N) is 3. The van der Waals surface area contributed by atoms with E-state index >= 15 is 0 Å². The third-order valence-corrected chi connectivity index (χ3v) is 6.43. The van der Waals surface area contributed by atoms with E-state index in [1.807, 2.05) is 39.0 Å². The molecule has 0 saturated heterocycles. The molecule has 0 bridgehead atoms. The number of ether oxygens (including phenoxy) is 1. The summed E-state index contributed by atoms with van der Waals surface area (Å²) in [6.07, 6.45) is 0. The van der Waals surface area contributed by atoms with Crippen LogP contribution in [-0.2, 0) is 4.79 Å². The van der Waals surface area contributed by atoms with Crippen LogP contribution >= 0.6 is 27.7 Å². The Balaban J connectivity index is 1.78. The van der Waals surface area contributed by atoms with Crippen LogP contribution in [0.1, 0.15) is 32.4 Å². The van der Waals surface area contributed by atoms with Crippen molar-refractivity contribution in [2.75, 3.05) is 23.0 Å². The van der Waals surface area contributed by atoms with Gasteiger partial charge in [0.15, 0.2) is 0 Å². The topological polar surface area (TPSA) is 101 Å². The zero-order valence-corrected chi connectivity index (χ0v) is 20.8. The van der Waals surface area contributed by atoms with Gasteiger partial charge in [-0.05, 0) is 65.4 Å². The summed E-state index contributed by atoms with van der Waals surface area (Å²) >= 11 is 4.91. The Morgan fingerprint density at radius 2 is 2.09 bits per heavy atom. The first-order valence-corrected chi connectivity index (χ1v) is 12.3. The van der Waals surface area contributed by atoms with Gasteiger partial charge in [0.2, 0.25) is 11.1 Å². The van der Waals surface area contributed by atoms with Crippen molar-refractivity contribution in [2.45, 2.75) is 32.0 Å². The minimum absolute atomic E-state index is 0.117. The third kappa shape index (κ3) is 4.72. The van der Waals surface area contributed by atoms with E-state index in [9.17, 15) is 9.90 Å². The lowest BCUT2D eigenvalue weighted by atomic mass is 9.95. The maximum atomic E-state index is 13.6. The number of nitrogens with one attached hydrogen (secondary N) is 2. The number of allylic oxidation sites excluding steroid dienone is 1. The van der Waals surface area contributed by atoms with Gasteiger partial charge in [0.25, 0.3) is 5.91 Å². The number of benzene rings is 2. The minimum Gasteiger partial charge on any atom is -0.507 e. The Morgan fingerprint density at radius 3 is 2.82 bits per heavy atom. The summed E-state index contributed by atoms with van der Waals surface area (Å²) in [6, 6.07) is 11.9. The van der Waals surface area contributed by atoms with Gasteiger partial charge >= 0.3 is 0 Å². The number of carbonyl (C=O) groups excluding carboxylic acids is 1. The van der Waals surface area contributed by atoms with E-state index in [0.717, 1.165) is 11.3 Å². The van der Waals surface area contributed by atoms with Crippen molar-refractivity contribution >= 4 is 45.2 Å². The third-order valence-electron chi connectivity index (χ3n) is 5.07. The number of anilines is 2. The fourth-order valence-corrected chi connectivity index (χ4v) is 4.61. The molecule has 10 heteroatoms. The molecule has 1 aliphatic heterocycles. The van der Waals surface area contributed by atoms with E-state index in [0.29, 0.717) is 44.9 Å². The first-order valence-electron chi connectivity index (χ1n) is 10.5. The lowest BCUT2D eigenvalue weighted by molar-refractivity contribution is -0.113. The number of fused-ring (bicyclic) bond motifs is 1. The Labute approximate surface area is 204 Å². The van der Waals surface area contributed by atoms with E-state index in [4.69, 9.17) is 4.74 Å². The molecule has 172 valence electrons. The summed E-state index contributed by atoms with van der Waals surface area (Å²) in [5.74, 6) is 1.82. The van der Waals surface area contributed by atoms with Crippen LogP contribution in [0, 0.1) is 0 Å². The van der Waals surface area contributed by atoms with Crippen molar-refractivity contribution in [1.29, 1.82) is 0 Å². The zero-order valence-electron chi connectivity index (χ0n) is 18.4. The molecule has 1 aromatic heterocycles. The summed E-state index contributed by atoms with van der Waals surface area (Å²) < 4.78 is 7.91. The van der Waals surface area contributed by atoms with Gasteiger partial charge in [0.1, 0.15) is 17.5 Å². The molecule has 0 radical (unpaired) electrons. The summed E-state index contributed by atoms with van der Waals surface area (Å²) in [6.45, 7) is 6.26. The average Bonchev–Trinajstić information content (AvgIpc) is 3.18. The molecule has 0 fully saturated rings. The number of amides is 1. The highest BCUT2D eigenvalue weighted by Gasteiger charge is 2.35. The molecular weight excluding hydrogens is 506 g/mol. The number of thioether (sulfide) groups is 1. The van der Waals surface area contributed by atoms with Crippen LogP contribution in [0.25, 0.3) is 0 Å². The Hall–Kier alpha value is -2.98. The Kier molecular flexibility index (Phi) is 6.94. The van der Waals surface area contributed by atoms with Gasteiger partial charge < -0.3 is 20.5 Å². The van der Waals surface area contributed by atoms with Gasteiger partial charge in [-0.25, -0.2) is 4.68 Å². The predicted octanol–water partition coefficient (Wildman–Crippen LogP) is 5.18. The lowest BCUT2D eigenvalue weighted by Gasteiger charge is -2.29. The van der Waals surface area contributed by atoms with Crippen molar-refractivity contribution in [1.82, 2.24) is 14.8 Å². The molecule has 33 heavy (non-hydrogen) atoms. The molecule has 0 saturated carbocycles. The highest BCUT2D eigenvalue weighted by atomic mass is 79.9. The van der Waals surface area contributed by atoms with Crippen molar-refractivity contribution in [3.63, 3.8) is 0 Å². The Morgan fingerprint density at radius 1 is 1.30 bits per heavy atom. The van der Waals surface area contributed by atoms with Crippen LogP contribution < -0.4 is 15.4 Å². The van der Waals surface area contributed by atoms with Crippen molar-refractivity contribution < 1.29 is 14.6 Å². The molecular formula is C23H24BrN5O3S. The highest BCUT2D eigenvalue weighted by Crippen LogP contribution is 2.39. The quantitative estimate of drug-likeness (QED) is 0.362. The van der Waals surface area contributed by atoms with Gasteiger partial charge in [-0.15, -0.1) is 5.10 Å². The highest BCUT2D eigenvalue weighted by molar-refractivity contribution is 9.10. The molecule has 2 aromatic carbocycles. The second kappa shape index (κ2) is 9.88. The summed E-state index contributed by atoms with van der Waals surface area (Å²) in [5.41, 5.74) is 2.53. The van der Waals surface area contributed by atoms with E-state index < -0.39 is 6.04 Å². The first-order chi connectivity index (χ1) is 15.9. The van der Waals surface area contributed by atoms with E-state index in [1.54, 1.807) is 28.9 Å². The summed E-state index contributed by atoms with van der Waals surface area (Å²) in [4.78, 5) is 18.2. The SMILES string of the molecule is CCOc1ccccc1NC(=O)C1=C(C)Nc2nc(SCC)nn2C1c1ccc(O)c(Br)c1. The lowest BCUT2D eigenvalue weighted by Crippen LogP contribution is -2.31. The van der Waals surface area contributed by atoms with Gasteiger partial charge in [-0.1, -0.05) is 36.9 Å². The number of hydrogen-bond acceptors (Lipinski definition) is 7. The standard InChI is InChI=1S/C23H24BrN5O3S/c1-4-32-18-9-7-6-8-16(18)26-21(31)19-13(3)25-22-27-23(33-5-2)28-29(22)20(19)14-10-11-17(30)15(24)12-14/h6-12,20,30H,4-5H2,1-3H3,(H,26,31)(H,25,27,28). The van der Waals surface area contributed by atoms with Crippen LogP contribution in [-0.4, -0.2) is 38.1 Å². The average molecular weight is 530 g/mol. The van der Waals surface area contributed by atoms with Crippen molar-refractivity contribution in [3.05, 3.63) is 63.8 Å². The van der Waals surface area contributed by atoms with Gasteiger partial charge in [0, 0.05) is 5.70 Å². The number of rotatable bonds is 7. The number of hydrogen-bond donors (Lipinski definition) is 3. The number of halogens is 1. The maximum absolute atomic E-state index is 13.6. The summed E-state index contributed by atoms with van der Waals surface area (Å²) in [7, 11) is 0. The number of carbonyl (C=O) groups is 1. The monoisotopic (exact) mass is 529 g/mol. The number of aromatic nitrogens is 3. The number of phenols is 1. The molecule has 1 amide bonds. The van der Waals surface area contributed by atoms with Crippen LogP contribution in [0.4, 0.5) is 11.6 Å². The van der Waals surface area contributed by atoms with E-state index in [-0.39, 0.29) is 11.7 Å². The maximum Gasteiger partial charge on any atom is 0.255 e. The molecule has 4 rings (SSSR count). The fraction of sp³-hybridized carbons (Fsp3) is 0.261. The smallest absolute Gasteiger partial charge is 0.255 e. The zero-order chi connectivity index (χ0) is 23.5. The largest absolute Gasteiger partial charge is 0.507 e. The minimum atomic E-state index is -0.545. The van der Waals surface area contributed by atoms with E-state index in [1.165, 1.54) is 11.8 Å². The van der Waals surface area contributed by atoms with Crippen LogP contribution in [0.15, 0.2) is 63.4 Å². The van der Waals surface area contributed by atoms with Crippen LogP contribution in [0.5, 0.6) is 11.5 Å². The number of phenolic OH excluding ortho intramolecular Hbond substituents is 1. The second-order valence-electron chi connectivity index (χ2n) is 7.26. The molecule has 0 spiro atoms. The molecule has 3 N–H and O–H groups in total. The van der Waals surface area contributed by atoms with Crippen LogP contribution in [0.3, 0.4) is 0 Å². The normalized spacial score (nSPS) is 15.1. The number of para-hydroxylation sites is 2. The summed E-state index contributed by atoms with van der Waals surface area (Å²) in [5, 5.41) is 21.5. The number of aromatic hydroxyl groups is 1. The molecule has 1 unspecified atom stereocenters. The molecule has 1 atom stereocenters. The second-order valence-corrected chi connectivity index (χ2v) is 9.34. The molecule has 2 heterocycles. The van der Waals surface area contributed by atoms with Crippen LogP contribution in [0.2, 0.25) is 0 Å². The van der Waals surface area contributed by atoms with E-state index in [2.05, 4.69) is 36.6 Å². The predicted molar refractivity (Wildman–Crippen MR) is 133 cm³/mol. The Bertz CT molecular complexity index is 1230. The first kappa shape index (κ1) is 23.2.